The SMILES string of the molecule is O=C(Cc1cccc2ccccc12)N1CC(CO)Cc2ccccc21. The summed E-state index contributed by atoms with van der Waals surface area (Å²) in [7, 11) is 0. The molecule has 1 N–H and O–H groups in total. The van der Waals surface area contributed by atoms with Crippen molar-refractivity contribution in [2.45, 2.75) is 12.8 Å². The Bertz CT molecular complexity index is 913. The number of amides is 1. The molecule has 25 heavy (non-hydrogen) atoms. The molecule has 0 saturated heterocycles. The monoisotopic (exact) mass is 331 g/mol. The van der Waals surface area contributed by atoms with Crippen LogP contribution in [-0.2, 0) is 17.6 Å². The van der Waals surface area contributed by atoms with E-state index in [1.807, 2.05) is 47.4 Å². The van der Waals surface area contributed by atoms with Gasteiger partial charge in [0, 0.05) is 24.8 Å². The van der Waals surface area contributed by atoms with Crippen molar-refractivity contribution in [1.29, 1.82) is 0 Å². The first-order chi connectivity index (χ1) is 12.3. The number of benzene rings is 3. The van der Waals surface area contributed by atoms with E-state index in [1.54, 1.807) is 0 Å². The molecule has 126 valence electrons. The summed E-state index contributed by atoms with van der Waals surface area (Å²) in [5.74, 6) is 0.188. The van der Waals surface area contributed by atoms with Gasteiger partial charge in [0.25, 0.3) is 0 Å². The van der Waals surface area contributed by atoms with Gasteiger partial charge >= 0.3 is 0 Å². The Hall–Kier alpha value is -2.65. The largest absolute Gasteiger partial charge is 0.396 e. The summed E-state index contributed by atoms with van der Waals surface area (Å²) in [4.78, 5) is 14.9. The van der Waals surface area contributed by atoms with Crippen LogP contribution in [0.2, 0.25) is 0 Å². The van der Waals surface area contributed by atoms with Crippen molar-refractivity contribution < 1.29 is 9.90 Å². The molecule has 3 nitrogen and oxygen atoms in total. The van der Waals surface area contributed by atoms with Crippen molar-refractivity contribution in [2.24, 2.45) is 5.92 Å². The highest BCUT2D eigenvalue weighted by atomic mass is 16.3. The highest BCUT2D eigenvalue weighted by molar-refractivity contribution is 5.98. The van der Waals surface area contributed by atoms with Gasteiger partial charge in [-0.25, -0.2) is 0 Å². The number of carbonyl (C=O) groups is 1. The average Bonchev–Trinajstić information content (AvgIpc) is 2.67. The Balaban J connectivity index is 1.66. The molecule has 0 fully saturated rings. The summed E-state index contributed by atoms with van der Waals surface area (Å²) in [6.45, 7) is 0.684. The number of para-hydroxylation sites is 1. The molecule has 1 unspecified atom stereocenters. The van der Waals surface area contributed by atoms with Crippen LogP contribution in [-0.4, -0.2) is 24.2 Å². The smallest absolute Gasteiger partial charge is 0.231 e. The predicted molar refractivity (Wildman–Crippen MR) is 101 cm³/mol. The molecule has 1 amide bonds. The van der Waals surface area contributed by atoms with E-state index in [-0.39, 0.29) is 18.4 Å². The van der Waals surface area contributed by atoms with Gasteiger partial charge in [-0.05, 0) is 34.4 Å². The molecule has 1 aliphatic rings. The third-order valence-corrected chi connectivity index (χ3v) is 5.01. The van der Waals surface area contributed by atoms with Crippen LogP contribution < -0.4 is 4.90 Å². The van der Waals surface area contributed by atoms with Gasteiger partial charge in [-0.2, -0.15) is 0 Å². The summed E-state index contributed by atoms with van der Waals surface area (Å²) in [6.07, 6.45) is 1.19. The summed E-state index contributed by atoms with van der Waals surface area (Å²) < 4.78 is 0. The zero-order chi connectivity index (χ0) is 17.2. The van der Waals surface area contributed by atoms with Crippen molar-refractivity contribution in [3.63, 3.8) is 0 Å². The highest BCUT2D eigenvalue weighted by Gasteiger charge is 2.28. The number of carbonyl (C=O) groups excluding carboxylic acids is 1. The van der Waals surface area contributed by atoms with Crippen molar-refractivity contribution in [2.75, 3.05) is 18.1 Å². The molecule has 0 saturated carbocycles. The average molecular weight is 331 g/mol. The summed E-state index contributed by atoms with van der Waals surface area (Å²) in [5.41, 5.74) is 3.17. The first kappa shape index (κ1) is 15.9. The van der Waals surface area contributed by atoms with Crippen LogP contribution in [0.3, 0.4) is 0 Å². The van der Waals surface area contributed by atoms with Crippen LogP contribution in [0, 0.1) is 5.92 Å². The molecule has 1 atom stereocenters. The van der Waals surface area contributed by atoms with E-state index in [1.165, 1.54) is 0 Å². The highest BCUT2D eigenvalue weighted by Crippen LogP contribution is 2.30. The van der Waals surface area contributed by atoms with Gasteiger partial charge in [-0.15, -0.1) is 0 Å². The van der Waals surface area contributed by atoms with Gasteiger partial charge in [0.15, 0.2) is 0 Å². The number of hydrogen-bond donors (Lipinski definition) is 1. The molecule has 0 aromatic heterocycles. The first-order valence-electron chi connectivity index (χ1n) is 8.72. The third-order valence-electron chi connectivity index (χ3n) is 5.01. The van der Waals surface area contributed by atoms with Crippen LogP contribution >= 0.6 is 0 Å². The van der Waals surface area contributed by atoms with E-state index >= 15 is 0 Å². The number of rotatable bonds is 3. The van der Waals surface area contributed by atoms with Crippen LogP contribution in [0.5, 0.6) is 0 Å². The Morgan fingerprint density at radius 2 is 1.76 bits per heavy atom. The molecule has 0 radical (unpaired) electrons. The zero-order valence-electron chi connectivity index (χ0n) is 14.1. The Labute approximate surface area is 147 Å². The van der Waals surface area contributed by atoms with Gasteiger partial charge < -0.3 is 10.0 Å². The number of anilines is 1. The van der Waals surface area contributed by atoms with Gasteiger partial charge in [0.05, 0.1) is 6.42 Å². The maximum absolute atomic E-state index is 13.1. The zero-order valence-corrected chi connectivity index (χ0v) is 14.1. The minimum absolute atomic E-state index is 0.0851. The molecular weight excluding hydrogens is 310 g/mol. The second-order valence-electron chi connectivity index (χ2n) is 6.70. The van der Waals surface area contributed by atoms with Gasteiger partial charge in [-0.3, -0.25) is 4.79 Å². The van der Waals surface area contributed by atoms with Crippen molar-refractivity contribution in [1.82, 2.24) is 0 Å². The molecule has 3 aromatic carbocycles. The maximum atomic E-state index is 13.1. The molecule has 1 aliphatic heterocycles. The molecule has 0 spiro atoms. The van der Waals surface area contributed by atoms with E-state index in [4.69, 9.17) is 0 Å². The minimum Gasteiger partial charge on any atom is -0.396 e. The van der Waals surface area contributed by atoms with Gasteiger partial charge in [0.2, 0.25) is 5.91 Å². The summed E-state index contributed by atoms with van der Waals surface area (Å²) >= 11 is 0. The first-order valence-corrected chi connectivity index (χ1v) is 8.72. The third kappa shape index (κ3) is 3.03. The van der Waals surface area contributed by atoms with E-state index in [0.717, 1.165) is 34.0 Å². The van der Waals surface area contributed by atoms with Crippen molar-refractivity contribution in [3.8, 4) is 0 Å². The number of fused-ring (bicyclic) bond motifs is 2. The molecule has 0 bridgehead atoms. The minimum atomic E-state index is 0.0851. The van der Waals surface area contributed by atoms with Crippen molar-refractivity contribution in [3.05, 3.63) is 77.9 Å². The maximum Gasteiger partial charge on any atom is 0.231 e. The Morgan fingerprint density at radius 1 is 1.00 bits per heavy atom. The lowest BCUT2D eigenvalue weighted by molar-refractivity contribution is -0.118. The topological polar surface area (TPSA) is 40.5 Å². The van der Waals surface area contributed by atoms with E-state index < -0.39 is 0 Å². The van der Waals surface area contributed by atoms with Gasteiger partial charge in [0.1, 0.15) is 0 Å². The lowest BCUT2D eigenvalue weighted by atomic mass is 9.92. The van der Waals surface area contributed by atoms with Crippen molar-refractivity contribution >= 4 is 22.4 Å². The number of nitrogens with zero attached hydrogens (tertiary/aromatic N) is 1. The summed E-state index contributed by atoms with van der Waals surface area (Å²) in [6, 6.07) is 22.3. The molecule has 0 aliphatic carbocycles. The number of hydrogen-bond acceptors (Lipinski definition) is 2. The predicted octanol–water partition coefficient (Wildman–Crippen LogP) is 3.58. The van der Waals surface area contributed by atoms with E-state index in [9.17, 15) is 9.90 Å². The molecule has 1 heterocycles. The fraction of sp³-hybridized carbons (Fsp3) is 0.227. The lowest BCUT2D eigenvalue weighted by Gasteiger charge is -2.34. The van der Waals surface area contributed by atoms with Crippen LogP contribution in [0.1, 0.15) is 11.1 Å². The van der Waals surface area contributed by atoms with E-state index in [0.29, 0.717) is 13.0 Å². The fourth-order valence-corrected chi connectivity index (χ4v) is 3.74. The standard InChI is InChI=1S/C22H21NO2/c24-15-16-12-19-7-2-4-11-21(19)23(14-16)22(25)13-18-9-5-8-17-6-1-3-10-20(17)18/h1-11,16,24H,12-15H2. The normalized spacial score (nSPS) is 16.7. The van der Waals surface area contributed by atoms with E-state index in [2.05, 4.69) is 24.3 Å². The quantitative estimate of drug-likeness (QED) is 0.797. The Kier molecular flexibility index (Phi) is 4.24. The lowest BCUT2D eigenvalue weighted by Crippen LogP contribution is -2.41. The summed E-state index contributed by atoms with van der Waals surface area (Å²) in [5, 5.41) is 11.9. The van der Waals surface area contributed by atoms with Gasteiger partial charge in [-0.1, -0.05) is 60.7 Å². The molecule has 3 aromatic rings. The Morgan fingerprint density at radius 3 is 2.64 bits per heavy atom. The second kappa shape index (κ2) is 6.69. The van der Waals surface area contributed by atoms with Crippen LogP contribution in [0.15, 0.2) is 66.7 Å². The van der Waals surface area contributed by atoms with Crippen LogP contribution in [0.25, 0.3) is 10.8 Å². The number of aliphatic hydroxyl groups excluding tert-OH is 1. The molecular formula is C22H21NO2. The molecule has 4 rings (SSSR count). The second-order valence-corrected chi connectivity index (χ2v) is 6.70. The number of aliphatic hydroxyl groups is 1. The molecule has 3 heteroatoms. The fourth-order valence-electron chi connectivity index (χ4n) is 3.74. The van der Waals surface area contributed by atoms with Crippen LogP contribution in [0.4, 0.5) is 5.69 Å².